The van der Waals surface area contributed by atoms with Crippen LogP contribution in [-0.4, -0.2) is 146 Å². The lowest BCUT2D eigenvalue weighted by Gasteiger charge is -2.41. The molecule has 2 aliphatic rings. The molecule has 4 aromatic carbocycles. The Hall–Kier alpha value is -6.18. The van der Waals surface area contributed by atoms with Crippen molar-refractivity contribution in [2.75, 3.05) is 20.3 Å². The average Bonchev–Trinajstić information content (AvgIpc) is 3.23. The Morgan fingerprint density at radius 2 is 1.10 bits per heavy atom. The molecule has 10 unspecified atom stereocenters. The van der Waals surface area contributed by atoms with Crippen molar-refractivity contribution in [1.29, 1.82) is 0 Å². The van der Waals surface area contributed by atoms with Crippen molar-refractivity contribution in [2.24, 2.45) is 0 Å². The Morgan fingerprint density at radius 1 is 0.541 bits per heavy atom. The molecular formula is C39H36O22. The zero-order valence-corrected chi connectivity index (χ0v) is 31.1. The predicted octanol–water partition coefficient (Wildman–Crippen LogP) is -1.15. The van der Waals surface area contributed by atoms with Crippen LogP contribution >= 0.6 is 0 Å². The second-order valence-corrected chi connectivity index (χ2v) is 14.6. The number of fused-ring (bicyclic) bond motifs is 4. The first-order valence-electron chi connectivity index (χ1n) is 18.1. The lowest BCUT2D eigenvalue weighted by Crippen LogP contribution is -2.55. The molecule has 0 radical (unpaired) electrons. The minimum absolute atomic E-state index is 0.418. The smallest absolute Gasteiger partial charge is 0.205 e. The molecule has 10 atom stereocenters. The molecular weight excluding hydrogens is 820 g/mol. The third-order valence-corrected chi connectivity index (χ3v) is 11.2. The van der Waals surface area contributed by atoms with Gasteiger partial charge < -0.3 is 99.6 Å². The number of rotatable bonds is 6. The number of phenols is 7. The predicted molar refractivity (Wildman–Crippen MR) is 203 cm³/mol. The number of aliphatic hydroxyl groups is 8. The third kappa shape index (κ3) is 5.95. The van der Waals surface area contributed by atoms with E-state index < -0.39 is 197 Å². The SMILES string of the molecule is COc1cc2c(=O)c3cc(C4OC(CO)C(O)C(O)C4O)c(O)c(-c4c(O)c(C5OC(CO)C(O)C(O)C5O)c(O)c5c(=O)c6cc(O)c(O)cc6oc45)c3oc2c(O)c1O. The molecule has 4 heterocycles. The van der Waals surface area contributed by atoms with Gasteiger partial charge in [-0.05, 0) is 18.2 Å². The van der Waals surface area contributed by atoms with Crippen molar-refractivity contribution in [1.82, 2.24) is 0 Å². The van der Waals surface area contributed by atoms with Crippen molar-refractivity contribution in [3.63, 3.8) is 0 Å². The number of phenolic OH excluding ortho intramolecular Hbond substituents is 7. The summed E-state index contributed by atoms with van der Waals surface area (Å²) in [5, 5.41) is 161. The highest BCUT2D eigenvalue weighted by atomic mass is 16.6. The van der Waals surface area contributed by atoms with Crippen LogP contribution in [0.2, 0.25) is 0 Å². The molecule has 2 saturated heterocycles. The fourth-order valence-corrected chi connectivity index (χ4v) is 7.99. The van der Waals surface area contributed by atoms with Crippen molar-refractivity contribution in [3.8, 4) is 57.1 Å². The van der Waals surface area contributed by atoms with Crippen molar-refractivity contribution >= 4 is 43.9 Å². The Balaban J connectivity index is 1.60. The van der Waals surface area contributed by atoms with E-state index in [1.54, 1.807) is 0 Å². The highest BCUT2D eigenvalue weighted by molar-refractivity contribution is 6.11. The topological polar surface area (TPSA) is 392 Å². The van der Waals surface area contributed by atoms with Gasteiger partial charge in [0.25, 0.3) is 0 Å². The molecule has 2 aromatic heterocycles. The molecule has 15 N–H and O–H groups in total. The lowest BCUT2D eigenvalue weighted by molar-refractivity contribution is -0.232. The number of aromatic hydroxyl groups is 7. The maximum Gasteiger partial charge on any atom is 0.205 e. The summed E-state index contributed by atoms with van der Waals surface area (Å²) in [6.45, 7) is -1.96. The van der Waals surface area contributed by atoms with Crippen molar-refractivity contribution in [2.45, 2.75) is 61.0 Å². The van der Waals surface area contributed by atoms with Crippen LogP contribution in [0.5, 0.6) is 46.0 Å². The first-order valence-corrected chi connectivity index (χ1v) is 18.1. The fraction of sp³-hybridized carbons (Fsp3) is 0.333. The van der Waals surface area contributed by atoms with E-state index in [9.17, 15) is 86.2 Å². The first-order chi connectivity index (χ1) is 28.9. The molecule has 0 bridgehead atoms. The number of methoxy groups -OCH3 is 1. The molecule has 0 saturated carbocycles. The van der Waals surface area contributed by atoms with E-state index >= 15 is 0 Å². The van der Waals surface area contributed by atoms with E-state index in [1.807, 2.05) is 0 Å². The number of aliphatic hydroxyl groups excluding tert-OH is 8. The number of ether oxygens (including phenoxy) is 3. The molecule has 0 aliphatic carbocycles. The van der Waals surface area contributed by atoms with Gasteiger partial charge in [0.1, 0.15) is 89.3 Å². The van der Waals surface area contributed by atoms with Gasteiger partial charge in [-0.3, -0.25) is 9.59 Å². The van der Waals surface area contributed by atoms with Crippen LogP contribution in [0.15, 0.2) is 42.7 Å². The highest BCUT2D eigenvalue weighted by Gasteiger charge is 2.48. The Morgan fingerprint density at radius 3 is 1.70 bits per heavy atom. The van der Waals surface area contributed by atoms with Gasteiger partial charge in [-0.25, -0.2) is 0 Å². The van der Waals surface area contributed by atoms with Crippen LogP contribution in [0.1, 0.15) is 23.3 Å². The molecule has 6 aromatic rings. The largest absolute Gasteiger partial charge is 0.507 e. The van der Waals surface area contributed by atoms with Crippen LogP contribution in [0.4, 0.5) is 0 Å². The Bertz CT molecular complexity index is 2900. The quantitative estimate of drug-likeness (QED) is 0.0694. The summed E-state index contributed by atoms with van der Waals surface area (Å²) < 4.78 is 28.4. The van der Waals surface area contributed by atoms with Crippen LogP contribution < -0.4 is 15.6 Å². The Kier molecular flexibility index (Phi) is 10.1. The average molecular weight is 857 g/mol. The normalized spacial score (nSPS) is 27.0. The van der Waals surface area contributed by atoms with Crippen LogP contribution in [0, 0.1) is 0 Å². The molecule has 324 valence electrons. The van der Waals surface area contributed by atoms with E-state index in [0.29, 0.717) is 0 Å². The van der Waals surface area contributed by atoms with Gasteiger partial charge >= 0.3 is 0 Å². The van der Waals surface area contributed by atoms with Crippen molar-refractivity contribution < 1.29 is 99.6 Å². The van der Waals surface area contributed by atoms with E-state index in [-0.39, 0.29) is 0 Å². The molecule has 61 heavy (non-hydrogen) atoms. The summed E-state index contributed by atoms with van der Waals surface area (Å²) in [5.74, 6) is -7.78. The monoisotopic (exact) mass is 856 g/mol. The zero-order valence-electron chi connectivity index (χ0n) is 31.1. The third-order valence-electron chi connectivity index (χ3n) is 11.2. The maximum absolute atomic E-state index is 14.5. The van der Waals surface area contributed by atoms with E-state index in [0.717, 1.165) is 31.4 Å². The summed E-state index contributed by atoms with van der Waals surface area (Å²) in [4.78, 5) is 28.9. The van der Waals surface area contributed by atoms with Gasteiger partial charge in [0.2, 0.25) is 22.4 Å². The Labute approximate surface area is 337 Å². The summed E-state index contributed by atoms with van der Waals surface area (Å²) in [7, 11) is 1.10. The van der Waals surface area contributed by atoms with Gasteiger partial charge in [0.15, 0.2) is 34.0 Å². The van der Waals surface area contributed by atoms with Gasteiger partial charge in [0.05, 0.1) is 53.2 Å². The second-order valence-electron chi connectivity index (χ2n) is 14.6. The van der Waals surface area contributed by atoms with Gasteiger partial charge in [-0.2, -0.15) is 0 Å². The summed E-state index contributed by atoms with van der Waals surface area (Å²) in [5.41, 5.74) is -8.82. The molecule has 0 spiro atoms. The maximum atomic E-state index is 14.5. The van der Waals surface area contributed by atoms with Gasteiger partial charge in [-0.15, -0.1) is 0 Å². The van der Waals surface area contributed by atoms with Gasteiger partial charge in [0, 0.05) is 11.6 Å². The van der Waals surface area contributed by atoms with Crippen molar-refractivity contribution in [3.05, 3.63) is 55.8 Å². The number of hydrogen-bond acceptors (Lipinski definition) is 22. The van der Waals surface area contributed by atoms with E-state index in [2.05, 4.69) is 0 Å². The molecule has 22 heteroatoms. The second kappa shape index (κ2) is 14.8. The molecule has 2 fully saturated rings. The number of benzene rings is 4. The fourth-order valence-electron chi connectivity index (χ4n) is 7.99. The summed E-state index contributed by atoms with van der Waals surface area (Å²) in [6.07, 6.45) is -19.9. The van der Waals surface area contributed by atoms with E-state index in [1.165, 1.54) is 0 Å². The molecule has 8 rings (SSSR count). The lowest BCUT2D eigenvalue weighted by atomic mass is 9.85. The molecule has 22 nitrogen and oxygen atoms in total. The first kappa shape index (κ1) is 41.5. The summed E-state index contributed by atoms with van der Waals surface area (Å²) in [6, 6.07) is 3.36. The van der Waals surface area contributed by atoms with Crippen LogP contribution in [0.25, 0.3) is 55.0 Å². The zero-order chi connectivity index (χ0) is 44.3. The van der Waals surface area contributed by atoms with Crippen LogP contribution in [0.3, 0.4) is 0 Å². The highest BCUT2D eigenvalue weighted by Crippen LogP contribution is 2.55. The molecule has 2 aliphatic heterocycles. The minimum Gasteiger partial charge on any atom is -0.507 e. The summed E-state index contributed by atoms with van der Waals surface area (Å²) >= 11 is 0. The van der Waals surface area contributed by atoms with E-state index in [4.69, 9.17) is 23.0 Å². The van der Waals surface area contributed by atoms with Gasteiger partial charge in [-0.1, -0.05) is 0 Å². The standard InChI is InChI=1S/C39H36O22/c1-57-15-4-11-22(44)9-2-10(36-33(55)30(52)26(48)16(6-40)59-36)24(46)18(35(9)61-37(11)32(54)25(15)47)19-28(50)21(39-34(56)31(53)27(49)17(7-41)60-39)29(51)20-23(45)8-3-12(42)13(43)5-14(8)58-38(19)20/h2-5,16-17,26-27,30-31,33-34,36,39-43,46-56H,6-7H2,1H3. The number of hydrogen-bond donors (Lipinski definition) is 15. The minimum atomic E-state index is -2.27. The van der Waals surface area contributed by atoms with Crippen LogP contribution in [-0.2, 0) is 9.47 Å². The molecule has 0 amide bonds.